The van der Waals surface area contributed by atoms with Crippen LogP contribution in [0.4, 0.5) is 0 Å². The summed E-state index contributed by atoms with van der Waals surface area (Å²) in [5, 5.41) is 45.3. The third-order valence-electron chi connectivity index (χ3n) is 9.78. The van der Waals surface area contributed by atoms with Crippen LogP contribution >= 0.6 is 0 Å². The van der Waals surface area contributed by atoms with Gasteiger partial charge in [0.25, 0.3) is 0 Å². The van der Waals surface area contributed by atoms with E-state index in [2.05, 4.69) is 23.0 Å². The highest BCUT2D eigenvalue weighted by Gasteiger charge is 2.64. The molecule has 1 fully saturated rings. The lowest BCUT2D eigenvalue weighted by Gasteiger charge is -2.44. The Balaban J connectivity index is 2.38. The van der Waals surface area contributed by atoms with Gasteiger partial charge in [0.15, 0.2) is 24.1 Å². The number of allylic oxidation sites excluding steroid dienone is 1. The Morgan fingerprint density at radius 2 is 1.66 bits per heavy atom. The molecule has 2 aliphatic carbocycles. The Labute approximate surface area is 307 Å². The number of nitrogens with zero attached hydrogens (tertiary/aromatic N) is 1. The monoisotopic (exact) mass is 743 g/mol. The zero-order valence-corrected chi connectivity index (χ0v) is 31.1. The van der Waals surface area contributed by atoms with E-state index >= 15 is 0 Å². The van der Waals surface area contributed by atoms with Gasteiger partial charge in [-0.1, -0.05) is 46.1 Å². The summed E-state index contributed by atoms with van der Waals surface area (Å²) in [4.78, 5) is 75.4. The van der Waals surface area contributed by atoms with E-state index in [0.29, 0.717) is 0 Å². The summed E-state index contributed by atoms with van der Waals surface area (Å²) in [6, 6.07) is 2.90. The lowest BCUT2D eigenvalue weighted by Crippen LogP contribution is -2.60. The predicted molar refractivity (Wildman–Crippen MR) is 186 cm³/mol. The molecule has 1 aromatic heterocycles. The van der Waals surface area contributed by atoms with Crippen molar-refractivity contribution in [1.29, 1.82) is 0 Å². The van der Waals surface area contributed by atoms with Gasteiger partial charge in [-0.15, -0.1) is 0 Å². The lowest BCUT2D eigenvalue weighted by atomic mass is 9.71. The van der Waals surface area contributed by atoms with Crippen molar-refractivity contribution in [2.24, 2.45) is 17.3 Å². The summed E-state index contributed by atoms with van der Waals surface area (Å²) in [6.07, 6.45) is -4.01. The van der Waals surface area contributed by atoms with Gasteiger partial charge in [0.05, 0.1) is 23.2 Å². The molecule has 0 radical (unpaired) electrons. The summed E-state index contributed by atoms with van der Waals surface area (Å²) in [5.74, 6) is -7.78. The molecule has 1 aromatic rings. The summed E-state index contributed by atoms with van der Waals surface area (Å²) < 4.78 is 23.3. The van der Waals surface area contributed by atoms with Gasteiger partial charge in [0.1, 0.15) is 23.4 Å². The van der Waals surface area contributed by atoms with E-state index in [9.17, 15) is 39.3 Å². The number of carbonyl (C=O) groups is 5. The molecular formula is C38H49NO14. The Kier molecular flexibility index (Phi) is 13.5. The third-order valence-corrected chi connectivity index (χ3v) is 9.78. The zero-order valence-electron chi connectivity index (χ0n) is 31.1. The van der Waals surface area contributed by atoms with Gasteiger partial charge >= 0.3 is 23.9 Å². The van der Waals surface area contributed by atoms with Gasteiger partial charge in [0, 0.05) is 30.3 Å². The highest BCUT2D eigenvalue weighted by Crippen LogP contribution is 2.49. The molecule has 1 saturated carbocycles. The first-order valence-electron chi connectivity index (χ1n) is 16.9. The lowest BCUT2D eigenvalue weighted by molar-refractivity contribution is -0.264. The van der Waals surface area contributed by atoms with Crippen molar-refractivity contribution in [2.75, 3.05) is 0 Å². The van der Waals surface area contributed by atoms with Crippen molar-refractivity contribution in [1.82, 2.24) is 4.98 Å². The van der Waals surface area contributed by atoms with Crippen LogP contribution in [0.2, 0.25) is 0 Å². The first kappa shape index (κ1) is 42.9. The molecule has 10 unspecified atom stereocenters. The number of aliphatic hydroxyl groups excluding tert-OH is 1. The SMILES string of the molecule is C=C(C(=O)OC1C(C)CC2(O)C(=O)C(C)(O)C=CC(C)(C)C(OC(=O)c3cccnc3)C(OC(C)=O)C(OC(=O)C(C)=CC)C(=C)C(O)C12)C(C)OO. The first-order chi connectivity index (χ1) is 24.5. The number of Topliss-reactive ketones (excluding diaryl/α,β-unsaturated/α-hetero) is 1. The van der Waals surface area contributed by atoms with Crippen LogP contribution in [0, 0.1) is 17.3 Å². The number of esters is 4. The van der Waals surface area contributed by atoms with Crippen LogP contribution < -0.4 is 0 Å². The molecule has 0 amide bonds. The largest absolute Gasteiger partial charge is 0.458 e. The van der Waals surface area contributed by atoms with Crippen LogP contribution in [0.25, 0.3) is 0 Å². The number of aliphatic hydroxyl groups is 3. The number of rotatable bonds is 9. The van der Waals surface area contributed by atoms with Crippen molar-refractivity contribution in [2.45, 2.75) is 110 Å². The first-order valence-corrected chi connectivity index (χ1v) is 16.9. The molecule has 15 heteroatoms. The third kappa shape index (κ3) is 9.16. The molecule has 10 atom stereocenters. The predicted octanol–water partition coefficient (Wildman–Crippen LogP) is 2.98. The van der Waals surface area contributed by atoms with E-state index in [1.54, 1.807) is 6.92 Å². The van der Waals surface area contributed by atoms with Crippen LogP contribution in [0.1, 0.15) is 72.2 Å². The van der Waals surface area contributed by atoms with Gasteiger partial charge in [-0.3, -0.25) is 19.8 Å². The molecule has 0 saturated heterocycles. The molecule has 3 rings (SSSR count). The fraction of sp³-hybridized carbons (Fsp3) is 0.526. The van der Waals surface area contributed by atoms with E-state index in [1.807, 2.05) is 0 Å². The van der Waals surface area contributed by atoms with Gasteiger partial charge < -0.3 is 34.3 Å². The van der Waals surface area contributed by atoms with Crippen LogP contribution in [-0.4, -0.2) is 103 Å². The van der Waals surface area contributed by atoms with Crippen molar-refractivity contribution < 1.29 is 68.4 Å². The molecule has 1 heterocycles. The Morgan fingerprint density at radius 3 is 2.21 bits per heavy atom. The van der Waals surface area contributed by atoms with Gasteiger partial charge in [-0.2, -0.15) is 0 Å². The molecule has 0 aliphatic heterocycles. The number of aromatic nitrogens is 1. The second-order valence-electron chi connectivity index (χ2n) is 14.4. The number of pyridine rings is 1. The van der Waals surface area contributed by atoms with E-state index in [4.69, 9.17) is 24.2 Å². The zero-order chi connectivity index (χ0) is 40.2. The molecule has 15 nitrogen and oxygen atoms in total. The second-order valence-corrected chi connectivity index (χ2v) is 14.4. The molecule has 0 bridgehead atoms. The normalized spacial score (nSPS) is 32.3. The molecule has 2 aliphatic rings. The summed E-state index contributed by atoms with van der Waals surface area (Å²) in [6.45, 7) is 18.6. The van der Waals surface area contributed by atoms with Crippen molar-refractivity contribution in [3.63, 3.8) is 0 Å². The maximum Gasteiger partial charge on any atom is 0.340 e. The topological polar surface area (TPSA) is 225 Å². The van der Waals surface area contributed by atoms with E-state index in [1.165, 1.54) is 71.3 Å². The molecule has 290 valence electrons. The molecule has 0 spiro atoms. The van der Waals surface area contributed by atoms with Crippen LogP contribution in [0.3, 0.4) is 0 Å². The highest BCUT2D eigenvalue weighted by molar-refractivity contribution is 5.97. The Bertz CT molecular complexity index is 1660. The van der Waals surface area contributed by atoms with Crippen molar-refractivity contribution in [3.05, 3.63) is 78.2 Å². The molecule has 0 aromatic carbocycles. The van der Waals surface area contributed by atoms with Crippen molar-refractivity contribution >= 4 is 29.7 Å². The van der Waals surface area contributed by atoms with E-state index in [0.717, 1.165) is 19.9 Å². The fourth-order valence-corrected chi connectivity index (χ4v) is 6.52. The number of ketones is 1. The number of carbonyl (C=O) groups excluding carboxylic acids is 5. The average Bonchev–Trinajstić information content (AvgIpc) is 3.37. The number of ether oxygens (including phenoxy) is 4. The Hall–Kier alpha value is -4.54. The van der Waals surface area contributed by atoms with Gasteiger partial charge in [0.2, 0.25) is 0 Å². The minimum Gasteiger partial charge on any atom is -0.458 e. The highest BCUT2D eigenvalue weighted by atomic mass is 17.1. The van der Waals surface area contributed by atoms with Crippen LogP contribution in [0.5, 0.6) is 0 Å². The van der Waals surface area contributed by atoms with Gasteiger partial charge in [-0.25, -0.2) is 19.3 Å². The van der Waals surface area contributed by atoms with E-state index in [-0.39, 0.29) is 16.7 Å². The molecule has 4 N–H and O–H groups in total. The fourth-order valence-electron chi connectivity index (χ4n) is 6.52. The Morgan fingerprint density at radius 1 is 1.02 bits per heavy atom. The minimum atomic E-state index is -2.62. The average molecular weight is 744 g/mol. The van der Waals surface area contributed by atoms with E-state index < -0.39 is 107 Å². The number of hydrogen-bond donors (Lipinski definition) is 4. The minimum absolute atomic E-state index is 0.00326. The molecular weight excluding hydrogens is 694 g/mol. The number of hydrogen-bond acceptors (Lipinski definition) is 15. The maximum atomic E-state index is 14.3. The smallest absolute Gasteiger partial charge is 0.340 e. The van der Waals surface area contributed by atoms with Crippen LogP contribution in [-0.2, 0) is 43.0 Å². The van der Waals surface area contributed by atoms with Crippen LogP contribution in [0.15, 0.2) is 72.6 Å². The summed E-state index contributed by atoms with van der Waals surface area (Å²) >= 11 is 0. The van der Waals surface area contributed by atoms with Gasteiger partial charge in [-0.05, 0) is 63.8 Å². The molecule has 53 heavy (non-hydrogen) atoms. The second kappa shape index (κ2) is 16.6. The number of fused-ring (bicyclic) bond motifs is 1. The van der Waals surface area contributed by atoms with Crippen molar-refractivity contribution in [3.8, 4) is 0 Å². The quantitative estimate of drug-likeness (QED) is 0.0712. The summed E-state index contributed by atoms with van der Waals surface area (Å²) in [7, 11) is 0. The standard InChI is InChI=1S/C38H49NO14/c1-11-19(2)32(42)51-29-22(5)27(41)26-28(50-33(43)21(4)23(6)53-48)20(3)17-38(26,47)35(45)37(10,46)15-14-36(8,9)31(30(29)49-24(7)40)52-34(44)25-13-12-16-39-18-25/h11-16,18,20,23,26-31,41,46-48H,4-5,17H2,1-3,6-10H3. The summed E-state index contributed by atoms with van der Waals surface area (Å²) in [5.41, 5.74) is -7.27. The maximum absolute atomic E-state index is 14.3.